The maximum absolute atomic E-state index is 13.3. The first-order valence-corrected chi connectivity index (χ1v) is 13.4. The van der Waals surface area contributed by atoms with E-state index in [4.69, 9.17) is 0 Å². The van der Waals surface area contributed by atoms with Crippen molar-refractivity contribution in [2.24, 2.45) is 5.92 Å². The van der Waals surface area contributed by atoms with Crippen molar-refractivity contribution in [2.75, 3.05) is 31.1 Å². The first kappa shape index (κ1) is 24.7. The summed E-state index contributed by atoms with van der Waals surface area (Å²) in [5.74, 6) is -0.927. The van der Waals surface area contributed by atoms with Crippen LogP contribution in [0.2, 0.25) is 0 Å². The van der Waals surface area contributed by atoms with Gasteiger partial charge in [0, 0.05) is 31.6 Å². The third kappa shape index (κ3) is 5.18. The number of carbonyl (C=O) groups excluding carboxylic acids is 1. The lowest BCUT2D eigenvalue weighted by molar-refractivity contribution is -0.140. The second-order valence-electron chi connectivity index (χ2n) is 8.01. The predicted octanol–water partition coefficient (Wildman–Crippen LogP) is 2.31. The van der Waals surface area contributed by atoms with E-state index in [1.165, 1.54) is 17.0 Å². The average molecular weight is 495 g/mol. The van der Waals surface area contributed by atoms with Crippen LogP contribution < -0.4 is 0 Å². The van der Waals surface area contributed by atoms with Gasteiger partial charge in [-0.2, -0.15) is 17.5 Å². The molecule has 0 N–H and O–H groups in total. The second-order valence-corrected chi connectivity index (χ2v) is 12.1. The summed E-state index contributed by atoms with van der Waals surface area (Å²) in [5.41, 5.74) is -1.22. The fraction of sp³-hybridized carbons (Fsp3) is 0.550. The van der Waals surface area contributed by atoms with E-state index in [0.717, 1.165) is 22.5 Å². The molecule has 0 radical (unpaired) electrons. The minimum absolute atomic E-state index is 0.00783. The molecule has 12 heteroatoms. The standard InChI is InChI=1S/C20H25F3N2O5S2/c1-2-10-25(16-9-13-31(27,28)14-16)19(26)15-7-11-24(12-8-15)32(29,30)18-6-4-3-5-17(18)20(21,22)23/h2-6,15-16H,1,7-14H2. The molecule has 1 unspecified atom stereocenters. The number of hydrogen-bond donors (Lipinski definition) is 0. The summed E-state index contributed by atoms with van der Waals surface area (Å²) in [6, 6.07) is 3.57. The number of sulfone groups is 1. The van der Waals surface area contributed by atoms with Crippen molar-refractivity contribution in [3.8, 4) is 0 Å². The number of sulfonamides is 1. The Bertz CT molecular complexity index is 1080. The largest absolute Gasteiger partial charge is 0.417 e. The van der Waals surface area contributed by atoms with Gasteiger partial charge in [-0.3, -0.25) is 4.79 Å². The molecule has 178 valence electrons. The van der Waals surface area contributed by atoms with Crippen molar-refractivity contribution < 1.29 is 34.8 Å². The minimum Gasteiger partial charge on any atom is -0.335 e. The Morgan fingerprint density at radius 3 is 2.34 bits per heavy atom. The van der Waals surface area contributed by atoms with Crippen LogP contribution in [0, 0.1) is 5.92 Å². The summed E-state index contributed by atoms with van der Waals surface area (Å²) in [6.45, 7) is 3.59. The van der Waals surface area contributed by atoms with Gasteiger partial charge < -0.3 is 4.90 Å². The van der Waals surface area contributed by atoms with Crippen LogP contribution in [0.1, 0.15) is 24.8 Å². The van der Waals surface area contributed by atoms with Crippen LogP contribution >= 0.6 is 0 Å². The van der Waals surface area contributed by atoms with Gasteiger partial charge in [0.1, 0.15) is 0 Å². The summed E-state index contributed by atoms with van der Waals surface area (Å²) in [7, 11) is -7.60. The number of piperidine rings is 1. The van der Waals surface area contributed by atoms with Crippen LogP contribution in [0.15, 0.2) is 41.8 Å². The number of rotatable bonds is 6. The number of alkyl halides is 3. The lowest BCUT2D eigenvalue weighted by atomic mass is 9.95. The Balaban J connectivity index is 1.73. The molecule has 0 aromatic heterocycles. The van der Waals surface area contributed by atoms with Gasteiger partial charge in [-0.15, -0.1) is 6.58 Å². The molecule has 7 nitrogen and oxygen atoms in total. The number of nitrogens with zero attached hydrogens (tertiary/aromatic N) is 2. The quantitative estimate of drug-likeness (QED) is 0.566. The summed E-state index contributed by atoms with van der Waals surface area (Å²) >= 11 is 0. The average Bonchev–Trinajstić information content (AvgIpc) is 3.10. The highest BCUT2D eigenvalue weighted by Crippen LogP contribution is 2.36. The van der Waals surface area contributed by atoms with Gasteiger partial charge in [-0.1, -0.05) is 18.2 Å². The molecule has 1 atom stereocenters. The van der Waals surface area contributed by atoms with Gasteiger partial charge in [0.05, 0.1) is 22.0 Å². The van der Waals surface area contributed by atoms with Crippen LogP contribution in [-0.2, 0) is 30.8 Å². The van der Waals surface area contributed by atoms with Crippen LogP contribution in [0.4, 0.5) is 13.2 Å². The fourth-order valence-electron chi connectivity index (χ4n) is 4.22. The second kappa shape index (κ2) is 9.14. The normalized spacial score (nSPS) is 22.5. The predicted molar refractivity (Wildman–Crippen MR) is 112 cm³/mol. The first-order chi connectivity index (χ1) is 14.9. The van der Waals surface area contributed by atoms with E-state index in [1.807, 2.05) is 0 Å². The molecule has 0 saturated carbocycles. The summed E-state index contributed by atoms with van der Waals surface area (Å²) < 4.78 is 90.3. The summed E-state index contributed by atoms with van der Waals surface area (Å²) in [4.78, 5) is 13.7. The molecule has 2 fully saturated rings. The topological polar surface area (TPSA) is 91.8 Å². The Labute approximate surface area is 185 Å². The number of halogens is 3. The molecule has 3 rings (SSSR count). The zero-order chi connectivity index (χ0) is 23.7. The molecule has 32 heavy (non-hydrogen) atoms. The van der Waals surface area contributed by atoms with Crippen molar-refractivity contribution in [1.82, 2.24) is 9.21 Å². The van der Waals surface area contributed by atoms with Crippen molar-refractivity contribution in [3.63, 3.8) is 0 Å². The molecule has 2 aliphatic rings. The lowest BCUT2D eigenvalue weighted by Gasteiger charge is -2.35. The van der Waals surface area contributed by atoms with E-state index >= 15 is 0 Å². The van der Waals surface area contributed by atoms with E-state index in [1.54, 1.807) is 0 Å². The third-order valence-corrected chi connectivity index (χ3v) is 9.58. The number of amides is 1. The van der Waals surface area contributed by atoms with Gasteiger partial charge in [-0.05, 0) is 31.4 Å². The molecule has 0 spiro atoms. The maximum Gasteiger partial charge on any atom is 0.417 e. The van der Waals surface area contributed by atoms with Crippen molar-refractivity contribution in [3.05, 3.63) is 42.5 Å². The Hall–Kier alpha value is -1.92. The molecule has 2 aliphatic heterocycles. The Morgan fingerprint density at radius 2 is 1.81 bits per heavy atom. The van der Waals surface area contributed by atoms with E-state index in [-0.39, 0.29) is 49.9 Å². The smallest absolute Gasteiger partial charge is 0.335 e. The number of benzene rings is 1. The summed E-state index contributed by atoms with van der Waals surface area (Å²) in [5, 5.41) is 0. The van der Waals surface area contributed by atoms with E-state index in [0.29, 0.717) is 6.42 Å². The number of hydrogen-bond acceptors (Lipinski definition) is 5. The highest BCUT2D eigenvalue weighted by Gasteiger charge is 2.41. The molecule has 1 amide bonds. The van der Waals surface area contributed by atoms with E-state index in [9.17, 15) is 34.8 Å². The van der Waals surface area contributed by atoms with Crippen molar-refractivity contribution in [2.45, 2.75) is 36.4 Å². The van der Waals surface area contributed by atoms with Gasteiger partial charge in [0.15, 0.2) is 9.84 Å². The Kier molecular flexibility index (Phi) is 7.06. The molecular weight excluding hydrogens is 469 g/mol. The molecule has 2 saturated heterocycles. The zero-order valence-electron chi connectivity index (χ0n) is 17.3. The molecule has 2 heterocycles. The van der Waals surface area contributed by atoms with Crippen molar-refractivity contribution >= 4 is 25.8 Å². The van der Waals surface area contributed by atoms with Gasteiger partial charge in [0.2, 0.25) is 15.9 Å². The van der Waals surface area contributed by atoms with Crippen LogP contribution in [0.3, 0.4) is 0 Å². The van der Waals surface area contributed by atoms with Crippen molar-refractivity contribution in [1.29, 1.82) is 0 Å². The molecular formula is C20H25F3N2O5S2. The molecule has 0 bridgehead atoms. The molecule has 0 aliphatic carbocycles. The first-order valence-electron chi connectivity index (χ1n) is 10.1. The number of carbonyl (C=O) groups is 1. The van der Waals surface area contributed by atoms with Crippen LogP contribution in [0.5, 0.6) is 0 Å². The minimum atomic E-state index is -4.81. The van der Waals surface area contributed by atoms with E-state index < -0.39 is 48.5 Å². The van der Waals surface area contributed by atoms with E-state index in [2.05, 4.69) is 6.58 Å². The summed E-state index contributed by atoms with van der Waals surface area (Å²) in [6.07, 6.45) is -2.69. The van der Waals surface area contributed by atoms with Gasteiger partial charge in [0.25, 0.3) is 0 Å². The highest BCUT2D eigenvalue weighted by atomic mass is 32.2. The zero-order valence-corrected chi connectivity index (χ0v) is 18.9. The van der Waals surface area contributed by atoms with Crippen LogP contribution in [-0.4, -0.2) is 69.1 Å². The highest BCUT2D eigenvalue weighted by molar-refractivity contribution is 7.91. The monoisotopic (exact) mass is 494 g/mol. The Morgan fingerprint density at radius 1 is 1.19 bits per heavy atom. The molecule has 1 aromatic rings. The fourth-order valence-corrected chi connectivity index (χ4v) is 7.63. The lowest BCUT2D eigenvalue weighted by Crippen LogP contribution is -2.48. The van der Waals surface area contributed by atoms with Crippen LogP contribution in [0.25, 0.3) is 0 Å². The van der Waals surface area contributed by atoms with Gasteiger partial charge in [-0.25, -0.2) is 16.8 Å². The maximum atomic E-state index is 13.3. The molecule has 1 aromatic carbocycles. The van der Waals surface area contributed by atoms with Gasteiger partial charge >= 0.3 is 6.18 Å². The SMILES string of the molecule is C=CCN(C(=O)C1CCN(S(=O)(=O)c2ccccc2C(F)(F)F)CC1)C1CCS(=O)(=O)C1. The third-order valence-electron chi connectivity index (χ3n) is 5.87.